The van der Waals surface area contributed by atoms with Gasteiger partial charge in [-0.1, -0.05) is 13.0 Å². The van der Waals surface area contributed by atoms with Crippen LogP contribution in [0.15, 0.2) is 18.2 Å². The monoisotopic (exact) mass is 231 g/mol. The first-order valence-corrected chi connectivity index (χ1v) is 4.65. The van der Waals surface area contributed by atoms with Crippen LogP contribution in [0.1, 0.15) is 18.4 Å². The molecule has 0 saturated heterocycles. The summed E-state index contributed by atoms with van der Waals surface area (Å²) in [5.74, 6) is 1.91. The maximum absolute atomic E-state index is 5.64. The number of nitrogens with two attached hydrogens (primary N) is 1. The minimum atomic E-state index is 0. The maximum atomic E-state index is 5.64. The summed E-state index contributed by atoms with van der Waals surface area (Å²) in [6.45, 7) is 2.64. The molecule has 0 fully saturated rings. The van der Waals surface area contributed by atoms with E-state index < -0.39 is 0 Å². The summed E-state index contributed by atoms with van der Waals surface area (Å²) in [5, 5.41) is 0. The molecule has 86 valence electrons. The normalized spacial score (nSPS) is 11.5. The van der Waals surface area contributed by atoms with Crippen molar-refractivity contribution in [1.29, 1.82) is 0 Å². The Bertz CT molecular complexity index is 282. The van der Waals surface area contributed by atoms with Crippen LogP contribution in [0.5, 0.6) is 11.5 Å². The van der Waals surface area contributed by atoms with Crippen LogP contribution >= 0.6 is 12.4 Å². The van der Waals surface area contributed by atoms with Crippen molar-refractivity contribution in [3.05, 3.63) is 23.8 Å². The molecule has 1 rings (SSSR count). The molecule has 1 aromatic rings. The van der Waals surface area contributed by atoms with Crippen LogP contribution in [0.3, 0.4) is 0 Å². The van der Waals surface area contributed by atoms with Crippen LogP contribution in [-0.2, 0) is 0 Å². The van der Waals surface area contributed by atoms with Crippen LogP contribution < -0.4 is 15.2 Å². The van der Waals surface area contributed by atoms with Gasteiger partial charge < -0.3 is 15.2 Å². The maximum Gasteiger partial charge on any atom is 0.126 e. The van der Waals surface area contributed by atoms with E-state index in [1.54, 1.807) is 14.2 Å². The van der Waals surface area contributed by atoms with E-state index in [0.29, 0.717) is 6.54 Å². The van der Waals surface area contributed by atoms with Gasteiger partial charge in [0.05, 0.1) is 14.2 Å². The van der Waals surface area contributed by atoms with E-state index in [4.69, 9.17) is 15.2 Å². The second-order valence-corrected chi connectivity index (χ2v) is 3.21. The molecule has 15 heavy (non-hydrogen) atoms. The van der Waals surface area contributed by atoms with Crippen molar-refractivity contribution in [3.63, 3.8) is 0 Å². The van der Waals surface area contributed by atoms with E-state index in [-0.39, 0.29) is 18.3 Å². The first-order chi connectivity index (χ1) is 6.74. The fourth-order valence-electron chi connectivity index (χ4n) is 1.48. The van der Waals surface area contributed by atoms with E-state index in [1.807, 2.05) is 18.2 Å². The summed E-state index contributed by atoms with van der Waals surface area (Å²) in [4.78, 5) is 0. The van der Waals surface area contributed by atoms with Crippen molar-refractivity contribution < 1.29 is 9.47 Å². The number of rotatable bonds is 4. The van der Waals surface area contributed by atoms with Crippen LogP contribution in [0.25, 0.3) is 0 Å². The number of ether oxygens (including phenoxy) is 2. The van der Waals surface area contributed by atoms with Crippen molar-refractivity contribution in [2.45, 2.75) is 12.8 Å². The Morgan fingerprint density at radius 1 is 1.20 bits per heavy atom. The van der Waals surface area contributed by atoms with E-state index in [1.165, 1.54) is 0 Å². The van der Waals surface area contributed by atoms with Crippen LogP contribution in [0.2, 0.25) is 0 Å². The molecule has 0 amide bonds. The molecule has 1 aromatic carbocycles. The smallest absolute Gasteiger partial charge is 0.126 e. The van der Waals surface area contributed by atoms with Gasteiger partial charge in [-0.3, -0.25) is 0 Å². The summed E-state index contributed by atoms with van der Waals surface area (Å²) in [7, 11) is 3.31. The highest BCUT2D eigenvalue weighted by Crippen LogP contribution is 2.34. The standard InChI is InChI=1S/C11H17NO2.ClH/c1-8(7-12)11-9(13-2)5-4-6-10(11)14-3;/h4-6,8H,7,12H2,1-3H3;1H. The Morgan fingerprint density at radius 3 is 2.00 bits per heavy atom. The number of halogens is 1. The Balaban J connectivity index is 0.00000196. The van der Waals surface area contributed by atoms with Gasteiger partial charge in [-0.2, -0.15) is 0 Å². The Hall–Kier alpha value is -0.930. The zero-order valence-electron chi connectivity index (χ0n) is 9.32. The minimum Gasteiger partial charge on any atom is -0.496 e. The summed E-state index contributed by atoms with van der Waals surface area (Å²) in [6.07, 6.45) is 0. The fourth-order valence-corrected chi connectivity index (χ4v) is 1.48. The van der Waals surface area contributed by atoms with Crippen LogP contribution in [0, 0.1) is 0 Å². The Kier molecular flexibility index (Phi) is 6.13. The molecule has 3 nitrogen and oxygen atoms in total. The third kappa shape index (κ3) is 3.01. The van der Waals surface area contributed by atoms with E-state index >= 15 is 0 Å². The number of hydrogen-bond acceptors (Lipinski definition) is 3. The average molecular weight is 232 g/mol. The van der Waals surface area contributed by atoms with Crippen molar-refractivity contribution in [3.8, 4) is 11.5 Å². The zero-order chi connectivity index (χ0) is 10.6. The van der Waals surface area contributed by atoms with Crippen molar-refractivity contribution >= 4 is 12.4 Å². The lowest BCUT2D eigenvalue weighted by Gasteiger charge is -2.17. The topological polar surface area (TPSA) is 44.5 Å². The van der Waals surface area contributed by atoms with Gasteiger partial charge in [0.2, 0.25) is 0 Å². The van der Waals surface area contributed by atoms with Gasteiger partial charge in [0.1, 0.15) is 11.5 Å². The molecule has 2 N–H and O–H groups in total. The summed E-state index contributed by atoms with van der Waals surface area (Å²) in [5.41, 5.74) is 6.68. The van der Waals surface area contributed by atoms with Gasteiger partial charge in [0.15, 0.2) is 0 Å². The highest BCUT2D eigenvalue weighted by Gasteiger charge is 2.15. The fraction of sp³-hybridized carbons (Fsp3) is 0.455. The molecule has 4 heteroatoms. The SMILES string of the molecule is COc1cccc(OC)c1C(C)CN.Cl. The predicted octanol–water partition coefficient (Wildman–Crippen LogP) is 2.19. The molecule has 0 radical (unpaired) electrons. The van der Waals surface area contributed by atoms with E-state index in [0.717, 1.165) is 17.1 Å². The average Bonchev–Trinajstić information content (AvgIpc) is 2.26. The molecule has 0 aliphatic rings. The third-order valence-corrected chi connectivity index (χ3v) is 2.31. The second-order valence-electron chi connectivity index (χ2n) is 3.21. The first kappa shape index (κ1) is 14.1. The van der Waals surface area contributed by atoms with Crippen molar-refractivity contribution in [2.24, 2.45) is 5.73 Å². The first-order valence-electron chi connectivity index (χ1n) is 4.65. The lowest BCUT2D eigenvalue weighted by atomic mass is 9.99. The van der Waals surface area contributed by atoms with Gasteiger partial charge in [-0.15, -0.1) is 12.4 Å². The molecule has 0 heterocycles. The molecule has 0 bridgehead atoms. The molecular formula is C11H18ClNO2. The molecule has 0 aromatic heterocycles. The van der Waals surface area contributed by atoms with E-state index in [2.05, 4.69) is 6.92 Å². The largest absolute Gasteiger partial charge is 0.496 e. The number of benzene rings is 1. The summed E-state index contributed by atoms with van der Waals surface area (Å²) >= 11 is 0. The van der Waals surface area contributed by atoms with E-state index in [9.17, 15) is 0 Å². The van der Waals surface area contributed by atoms with Crippen LogP contribution in [-0.4, -0.2) is 20.8 Å². The Morgan fingerprint density at radius 2 is 1.67 bits per heavy atom. The summed E-state index contributed by atoms with van der Waals surface area (Å²) < 4.78 is 10.6. The Labute approximate surface area is 97.0 Å². The molecule has 0 aliphatic carbocycles. The highest BCUT2D eigenvalue weighted by atomic mass is 35.5. The second kappa shape index (κ2) is 6.53. The van der Waals surface area contributed by atoms with Crippen molar-refractivity contribution in [1.82, 2.24) is 0 Å². The molecule has 1 unspecified atom stereocenters. The third-order valence-electron chi connectivity index (χ3n) is 2.31. The zero-order valence-corrected chi connectivity index (χ0v) is 10.1. The van der Waals surface area contributed by atoms with Gasteiger partial charge in [0.25, 0.3) is 0 Å². The molecule has 0 saturated carbocycles. The molecule has 1 atom stereocenters. The van der Waals surface area contributed by atoms with Crippen molar-refractivity contribution in [2.75, 3.05) is 20.8 Å². The van der Waals surface area contributed by atoms with Crippen LogP contribution in [0.4, 0.5) is 0 Å². The molecule has 0 aliphatic heterocycles. The van der Waals surface area contributed by atoms with Gasteiger partial charge in [-0.05, 0) is 18.7 Å². The highest BCUT2D eigenvalue weighted by molar-refractivity contribution is 5.85. The van der Waals surface area contributed by atoms with Gasteiger partial charge >= 0.3 is 0 Å². The molecule has 0 spiro atoms. The predicted molar refractivity (Wildman–Crippen MR) is 64.3 cm³/mol. The summed E-state index contributed by atoms with van der Waals surface area (Å²) in [6, 6.07) is 5.75. The lowest BCUT2D eigenvalue weighted by molar-refractivity contribution is 0.380. The molecular weight excluding hydrogens is 214 g/mol. The number of methoxy groups -OCH3 is 2. The quantitative estimate of drug-likeness (QED) is 0.864. The van der Waals surface area contributed by atoms with Gasteiger partial charge in [0, 0.05) is 11.5 Å². The van der Waals surface area contributed by atoms with Gasteiger partial charge in [-0.25, -0.2) is 0 Å². The number of hydrogen-bond donors (Lipinski definition) is 1. The minimum absolute atomic E-state index is 0. The lowest BCUT2D eigenvalue weighted by Crippen LogP contribution is -2.11.